The van der Waals surface area contributed by atoms with Gasteiger partial charge in [0.15, 0.2) is 5.82 Å². The van der Waals surface area contributed by atoms with Crippen molar-refractivity contribution >= 4 is 34.2 Å². The first kappa shape index (κ1) is 18.8. The lowest BCUT2D eigenvalue weighted by Gasteiger charge is -2.35. The molecule has 2 aromatic heterocycles. The van der Waals surface area contributed by atoms with Crippen LogP contribution in [0.15, 0.2) is 66.9 Å². The molecule has 150 valence electrons. The molecule has 1 aliphatic carbocycles. The molecule has 5 nitrogen and oxygen atoms in total. The Morgan fingerprint density at radius 2 is 1.90 bits per heavy atom. The molecule has 1 fully saturated rings. The molecule has 0 bridgehead atoms. The van der Waals surface area contributed by atoms with Crippen molar-refractivity contribution in [2.75, 3.05) is 5.32 Å². The predicted octanol–water partition coefficient (Wildman–Crippen LogP) is 5.45. The smallest absolute Gasteiger partial charge is 0.229 e. The van der Waals surface area contributed by atoms with Gasteiger partial charge in [0, 0.05) is 34.3 Å². The molecular formula is C24H21ClN4O. The Morgan fingerprint density at radius 1 is 1.07 bits per heavy atom. The molecule has 1 amide bonds. The summed E-state index contributed by atoms with van der Waals surface area (Å²) in [5.74, 6) is 1.49. The van der Waals surface area contributed by atoms with Crippen molar-refractivity contribution in [3.8, 4) is 0 Å². The van der Waals surface area contributed by atoms with Crippen molar-refractivity contribution in [2.45, 2.75) is 31.1 Å². The molecule has 2 heterocycles. The van der Waals surface area contributed by atoms with E-state index in [0.29, 0.717) is 24.1 Å². The van der Waals surface area contributed by atoms with Gasteiger partial charge in [0.1, 0.15) is 0 Å². The summed E-state index contributed by atoms with van der Waals surface area (Å²) in [6, 6.07) is 19.8. The number of fused-ring (bicyclic) bond motifs is 1. The SMILES string of the molecule is O=C(Cc1ccc2ncccc2c1)Nc1cc([C@H]2C[C@@H](c3ccc(Cl)cc3)C2)[nH]n1. The number of carbonyl (C=O) groups excluding carboxylic acids is 1. The highest BCUT2D eigenvalue weighted by Crippen LogP contribution is 2.47. The van der Waals surface area contributed by atoms with Gasteiger partial charge in [0.25, 0.3) is 0 Å². The molecule has 2 aromatic carbocycles. The lowest BCUT2D eigenvalue weighted by molar-refractivity contribution is -0.115. The number of aromatic amines is 1. The summed E-state index contributed by atoms with van der Waals surface area (Å²) in [6.07, 6.45) is 4.21. The average molecular weight is 417 g/mol. The number of aromatic nitrogens is 3. The Kier molecular flexibility index (Phi) is 4.97. The number of nitrogens with one attached hydrogen (secondary N) is 2. The number of H-pyrrole nitrogens is 1. The van der Waals surface area contributed by atoms with Crippen LogP contribution in [0.2, 0.25) is 5.02 Å². The monoisotopic (exact) mass is 416 g/mol. The minimum atomic E-state index is -0.0797. The van der Waals surface area contributed by atoms with Gasteiger partial charge in [0.05, 0.1) is 11.9 Å². The topological polar surface area (TPSA) is 70.7 Å². The number of nitrogens with zero attached hydrogens (tertiary/aromatic N) is 2. The third kappa shape index (κ3) is 3.94. The normalized spacial score (nSPS) is 18.2. The van der Waals surface area contributed by atoms with Crippen LogP contribution in [-0.4, -0.2) is 21.1 Å². The van der Waals surface area contributed by atoms with Gasteiger partial charge in [-0.25, -0.2) is 0 Å². The number of halogens is 1. The molecule has 0 spiro atoms. The molecule has 0 radical (unpaired) electrons. The lowest BCUT2D eigenvalue weighted by Crippen LogP contribution is -2.20. The van der Waals surface area contributed by atoms with E-state index in [2.05, 4.69) is 32.6 Å². The molecule has 0 aliphatic heterocycles. The molecular weight excluding hydrogens is 396 g/mol. The van der Waals surface area contributed by atoms with E-state index >= 15 is 0 Å². The maximum absolute atomic E-state index is 12.5. The van der Waals surface area contributed by atoms with Crippen LogP contribution >= 0.6 is 11.6 Å². The second kappa shape index (κ2) is 7.92. The summed E-state index contributed by atoms with van der Waals surface area (Å²) < 4.78 is 0. The standard InChI is InChI=1S/C24H21ClN4O/c25-20-6-4-16(5-7-20)18-12-19(13-18)22-14-23(29-28-22)27-24(30)11-15-3-8-21-17(10-15)2-1-9-26-21/h1-10,14,18-19H,11-13H2,(H2,27,28,29,30)/t18-,19+. The van der Waals surface area contributed by atoms with Gasteiger partial charge in [-0.1, -0.05) is 35.9 Å². The average Bonchev–Trinajstić information content (AvgIpc) is 3.16. The molecule has 0 atom stereocenters. The highest BCUT2D eigenvalue weighted by atomic mass is 35.5. The molecule has 0 saturated heterocycles. The Labute approximate surface area is 179 Å². The number of pyridine rings is 1. The largest absolute Gasteiger partial charge is 0.309 e. The number of benzene rings is 2. The number of carbonyl (C=O) groups is 1. The van der Waals surface area contributed by atoms with E-state index in [0.717, 1.165) is 40.0 Å². The summed E-state index contributed by atoms with van der Waals surface area (Å²) in [5.41, 5.74) is 4.28. The highest BCUT2D eigenvalue weighted by molar-refractivity contribution is 6.30. The fourth-order valence-electron chi connectivity index (χ4n) is 4.10. The first-order valence-corrected chi connectivity index (χ1v) is 10.5. The molecule has 0 unspecified atom stereocenters. The zero-order chi connectivity index (χ0) is 20.5. The Bertz CT molecular complexity index is 1200. The van der Waals surface area contributed by atoms with Gasteiger partial charge in [-0.05, 0) is 60.2 Å². The maximum Gasteiger partial charge on any atom is 0.229 e. The molecule has 6 heteroatoms. The fourth-order valence-corrected chi connectivity index (χ4v) is 4.22. The van der Waals surface area contributed by atoms with Gasteiger partial charge in [-0.15, -0.1) is 0 Å². The Hall–Kier alpha value is -3.18. The van der Waals surface area contributed by atoms with E-state index < -0.39 is 0 Å². The minimum absolute atomic E-state index is 0.0797. The molecule has 30 heavy (non-hydrogen) atoms. The molecule has 5 rings (SSSR count). The molecule has 1 saturated carbocycles. The summed E-state index contributed by atoms with van der Waals surface area (Å²) in [6.45, 7) is 0. The van der Waals surface area contributed by atoms with Crippen LogP contribution in [0.3, 0.4) is 0 Å². The van der Waals surface area contributed by atoms with Crippen molar-refractivity contribution in [1.82, 2.24) is 15.2 Å². The first-order valence-electron chi connectivity index (χ1n) is 10.1. The second-order valence-corrected chi connectivity index (χ2v) is 8.32. The van der Waals surface area contributed by atoms with E-state index in [1.54, 1.807) is 6.20 Å². The first-order chi connectivity index (χ1) is 14.6. The number of anilines is 1. The van der Waals surface area contributed by atoms with Crippen LogP contribution in [0.5, 0.6) is 0 Å². The van der Waals surface area contributed by atoms with E-state index in [1.807, 2.05) is 48.5 Å². The fraction of sp³-hybridized carbons (Fsp3) is 0.208. The number of hydrogen-bond donors (Lipinski definition) is 2. The van der Waals surface area contributed by atoms with Crippen LogP contribution in [-0.2, 0) is 11.2 Å². The molecule has 4 aromatic rings. The van der Waals surface area contributed by atoms with Crippen molar-refractivity contribution in [1.29, 1.82) is 0 Å². The van der Waals surface area contributed by atoms with Gasteiger partial charge in [0.2, 0.25) is 5.91 Å². The minimum Gasteiger partial charge on any atom is -0.309 e. The van der Waals surface area contributed by atoms with Crippen molar-refractivity contribution in [2.24, 2.45) is 0 Å². The number of rotatable bonds is 5. The third-order valence-electron chi connectivity index (χ3n) is 5.82. The van der Waals surface area contributed by atoms with Gasteiger partial charge in [-0.2, -0.15) is 5.10 Å². The molecule has 1 aliphatic rings. The summed E-state index contributed by atoms with van der Waals surface area (Å²) in [7, 11) is 0. The van der Waals surface area contributed by atoms with Crippen molar-refractivity contribution in [3.05, 3.63) is 88.7 Å². The summed E-state index contributed by atoms with van der Waals surface area (Å²) in [4.78, 5) is 16.8. The second-order valence-electron chi connectivity index (χ2n) is 7.88. The zero-order valence-electron chi connectivity index (χ0n) is 16.3. The zero-order valence-corrected chi connectivity index (χ0v) is 17.1. The predicted molar refractivity (Wildman–Crippen MR) is 119 cm³/mol. The van der Waals surface area contributed by atoms with Crippen LogP contribution in [0.1, 0.15) is 41.5 Å². The van der Waals surface area contributed by atoms with Crippen LogP contribution in [0.4, 0.5) is 5.82 Å². The van der Waals surface area contributed by atoms with E-state index in [1.165, 1.54) is 5.56 Å². The van der Waals surface area contributed by atoms with Crippen molar-refractivity contribution < 1.29 is 4.79 Å². The highest BCUT2D eigenvalue weighted by Gasteiger charge is 2.32. The quantitative estimate of drug-likeness (QED) is 0.454. The Morgan fingerprint density at radius 3 is 2.73 bits per heavy atom. The number of hydrogen-bond acceptors (Lipinski definition) is 3. The van der Waals surface area contributed by atoms with E-state index in [4.69, 9.17) is 11.6 Å². The van der Waals surface area contributed by atoms with E-state index in [-0.39, 0.29) is 5.91 Å². The van der Waals surface area contributed by atoms with Crippen LogP contribution in [0.25, 0.3) is 10.9 Å². The van der Waals surface area contributed by atoms with Crippen LogP contribution in [0, 0.1) is 0 Å². The Balaban J connectivity index is 1.17. The van der Waals surface area contributed by atoms with Crippen molar-refractivity contribution in [3.63, 3.8) is 0 Å². The molecule has 2 N–H and O–H groups in total. The maximum atomic E-state index is 12.5. The third-order valence-corrected chi connectivity index (χ3v) is 6.07. The van der Waals surface area contributed by atoms with Crippen LogP contribution < -0.4 is 5.32 Å². The van der Waals surface area contributed by atoms with Gasteiger partial charge >= 0.3 is 0 Å². The van der Waals surface area contributed by atoms with Gasteiger partial charge < -0.3 is 5.32 Å². The summed E-state index contributed by atoms with van der Waals surface area (Å²) >= 11 is 5.97. The summed E-state index contributed by atoms with van der Waals surface area (Å²) in [5, 5.41) is 12.1. The van der Waals surface area contributed by atoms with Gasteiger partial charge in [-0.3, -0.25) is 14.9 Å². The number of amides is 1. The van der Waals surface area contributed by atoms with E-state index in [9.17, 15) is 4.79 Å². The lowest BCUT2D eigenvalue weighted by atomic mass is 9.70.